The van der Waals surface area contributed by atoms with Crippen LogP contribution in [0.1, 0.15) is 22.6 Å². The molecule has 0 saturated carbocycles. The third-order valence-corrected chi connectivity index (χ3v) is 1.48. The molecule has 0 spiro atoms. The van der Waals surface area contributed by atoms with Crippen LogP contribution < -0.4 is 5.73 Å². The lowest BCUT2D eigenvalue weighted by Gasteiger charge is -2.13. The molecule has 3 N–H and O–H groups in total. The van der Waals surface area contributed by atoms with Gasteiger partial charge in [-0.15, -0.1) is 12.4 Å². The van der Waals surface area contributed by atoms with Gasteiger partial charge in [0, 0.05) is 10.2 Å². The van der Waals surface area contributed by atoms with Gasteiger partial charge in [0.2, 0.25) is 0 Å². The molecule has 0 aliphatic rings. The highest BCUT2D eigenvalue weighted by Crippen LogP contribution is 2.13. The van der Waals surface area contributed by atoms with E-state index in [2.05, 4.69) is 0 Å². The Hall–Kier alpha value is -0.570. The first-order valence-corrected chi connectivity index (χ1v) is 3.41. The number of aliphatic hydroxyl groups is 1. The monoisotopic (exact) mass is 190 g/mol. The zero-order chi connectivity index (χ0) is 10.8. The molecule has 0 bridgehead atoms. The van der Waals surface area contributed by atoms with Crippen LogP contribution in [0.3, 0.4) is 0 Å². The fourth-order valence-corrected chi connectivity index (χ4v) is 0.858. The summed E-state index contributed by atoms with van der Waals surface area (Å²) in [6.45, 7) is -2.34. The smallest absolute Gasteiger partial charge is 0.0938 e. The zero-order valence-electron chi connectivity index (χ0n) is 9.47. The molecule has 0 saturated heterocycles. The highest BCUT2D eigenvalue weighted by molar-refractivity contribution is 5.85. The molecule has 0 aliphatic carbocycles. The van der Waals surface area contributed by atoms with Crippen molar-refractivity contribution in [3.8, 4) is 0 Å². The lowest BCUT2D eigenvalue weighted by molar-refractivity contribution is 0.153. The molecule has 2 atom stereocenters. The van der Waals surface area contributed by atoms with Gasteiger partial charge in [-0.1, -0.05) is 30.3 Å². The van der Waals surface area contributed by atoms with E-state index >= 15 is 0 Å². The molecule has 0 aliphatic heterocycles. The Kier molecular flexibility index (Phi) is 2.95. The van der Waals surface area contributed by atoms with E-state index in [9.17, 15) is 5.11 Å². The molecular formula is C9H14ClNO. The van der Waals surface area contributed by atoms with E-state index in [1.165, 1.54) is 0 Å². The van der Waals surface area contributed by atoms with Gasteiger partial charge in [0.15, 0.2) is 0 Å². The fourth-order valence-electron chi connectivity index (χ4n) is 0.858. The predicted octanol–water partition coefficient (Wildman–Crippen LogP) is 1.49. The van der Waals surface area contributed by atoms with Gasteiger partial charge >= 0.3 is 0 Å². The van der Waals surface area contributed by atoms with E-state index in [4.69, 9.17) is 9.85 Å². The lowest BCUT2D eigenvalue weighted by atomic mass is 10.0. The normalized spacial score (nSPS) is 19.3. The van der Waals surface area contributed by atoms with Crippen LogP contribution in [-0.4, -0.2) is 11.1 Å². The van der Waals surface area contributed by atoms with Gasteiger partial charge in [0.1, 0.15) is 0 Å². The molecule has 0 radical (unpaired) electrons. The highest BCUT2D eigenvalue weighted by Gasteiger charge is 2.10. The molecule has 0 fully saturated rings. The predicted molar refractivity (Wildman–Crippen MR) is 52.3 cm³/mol. The SMILES string of the molecule is Cl.[2H]C([2H])([2H])[C@H](N)[C@@H](O)c1ccccc1. The van der Waals surface area contributed by atoms with E-state index in [0.717, 1.165) is 0 Å². The van der Waals surface area contributed by atoms with Crippen molar-refractivity contribution in [3.63, 3.8) is 0 Å². The molecule has 68 valence electrons. The van der Waals surface area contributed by atoms with E-state index in [1.54, 1.807) is 30.3 Å². The van der Waals surface area contributed by atoms with Crippen LogP contribution in [0.25, 0.3) is 0 Å². The topological polar surface area (TPSA) is 46.2 Å². The second kappa shape index (κ2) is 5.14. The van der Waals surface area contributed by atoms with Crippen molar-refractivity contribution < 1.29 is 9.22 Å². The Bertz CT molecular complexity index is 291. The van der Waals surface area contributed by atoms with Crippen molar-refractivity contribution in [2.45, 2.75) is 19.0 Å². The van der Waals surface area contributed by atoms with Crippen molar-refractivity contribution >= 4 is 12.4 Å². The van der Waals surface area contributed by atoms with Crippen LogP contribution in [0.2, 0.25) is 0 Å². The minimum atomic E-state index is -2.34. The molecule has 3 heteroatoms. The molecule has 0 aromatic heterocycles. The zero-order valence-corrected chi connectivity index (χ0v) is 7.29. The van der Waals surface area contributed by atoms with Crippen molar-refractivity contribution in [3.05, 3.63) is 35.9 Å². The average molecular weight is 191 g/mol. The number of rotatable bonds is 2. The summed E-state index contributed by atoms with van der Waals surface area (Å²) in [5.74, 6) is 0. The molecule has 0 unspecified atom stereocenters. The highest BCUT2D eigenvalue weighted by atomic mass is 35.5. The molecule has 12 heavy (non-hydrogen) atoms. The molecule has 1 aromatic rings. The second-order valence-electron chi connectivity index (χ2n) is 2.38. The number of hydrogen-bond donors (Lipinski definition) is 2. The summed E-state index contributed by atoms with van der Waals surface area (Å²) in [7, 11) is 0. The van der Waals surface area contributed by atoms with Crippen LogP contribution in [-0.2, 0) is 0 Å². The third-order valence-electron chi connectivity index (χ3n) is 1.48. The second-order valence-corrected chi connectivity index (χ2v) is 2.38. The Morgan fingerprint density at radius 1 is 1.42 bits per heavy atom. The molecule has 0 heterocycles. The summed E-state index contributed by atoms with van der Waals surface area (Å²) < 4.78 is 21.2. The van der Waals surface area contributed by atoms with E-state index in [0.29, 0.717) is 5.56 Å². The molecule has 0 amide bonds. The Labute approximate surface area is 83.0 Å². The lowest BCUT2D eigenvalue weighted by Crippen LogP contribution is -2.24. The maximum absolute atomic E-state index is 9.64. The standard InChI is InChI=1S/C9H13NO.ClH/c1-7(10)9(11)8-5-3-2-4-6-8;/h2-7,9,11H,10H2,1H3;1H/t7-,9+;/m0./s1/i1D3;. The fraction of sp³-hybridized carbons (Fsp3) is 0.333. The van der Waals surface area contributed by atoms with Gasteiger partial charge < -0.3 is 10.8 Å². The van der Waals surface area contributed by atoms with Crippen LogP contribution in [0.4, 0.5) is 0 Å². The number of aliphatic hydroxyl groups excluding tert-OH is 1. The molecule has 2 nitrogen and oxygen atoms in total. The summed E-state index contributed by atoms with van der Waals surface area (Å²) in [4.78, 5) is 0. The van der Waals surface area contributed by atoms with Crippen LogP contribution in [0.5, 0.6) is 0 Å². The largest absolute Gasteiger partial charge is 0.387 e. The van der Waals surface area contributed by atoms with Crippen molar-refractivity contribution in [2.24, 2.45) is 5.73 Å². The average Bonchev–Trinajstić information content (AvgIpc) is 2.15. The van der Waals surface area contributed by atoms with Crippen LogP contribution in [0.15, 0.2) is 30.3 Å². The van der Waals surface area contributed by atoms with E-state index in [-0.39, 0.29) is 12.4 Å². The summed E-state index contributed by atoms with van der Waals surface area (Å²) in [6.07, 6.45) is -1.15. The summed E-state index contributed by atoms with van der Waals surface area (Å²) in [5.41, 5.74) is 5.94. The van der Waals surface area contributed by atoms with Crippen molar-refractivity contribution in [2.75, 3.05) is 0 Å². The van der Waals surface area contributed by atoms with Crippen LogP contribution in [0, 0.1) is 0 Å². The summed E-state index contributed by atoms with van der Waals surface area (Å²) in [5, 5.41) is 9.64. The number of benzene rings is 1. The Morgan fingerprint density at radius 3 is 2.50 bits per heavy atom. The number of halogens is 1. The van der Waals surface area contributed by atoms with Gasteiger partial charge in [-0.05, 0) is 12.4 Å². The first-order valence-electron chi connectivity index (χ1n) is 4.91. The van der Waals surface area contributed by atoms with Gasteiger partial charge in [0.05, 0.1) is 6.10 Å². The maximum atomic E-state index is 9.64. The first-order chi connectivity index (χ1) is 6.43. The third kappa shape index (κ3) is 2.81. The number of nitrogens with two attached hydrogens (primary N) is 1. The number of hydrogen-bond acceptors (Lipinski definition) is 2. The molecule has 1 aromatic carbocycles. The van der Waals surface area contributed by atoms with Gasteiger partial charge in [-0.2, -0.15) is 0 Å². The minimum absolute atomic E-state index is 0. The van der Waals surface area contributed by atoms with Crippen molar-refractivity contribution in [1.82, 2.24) is 0 Å². The Balaban J connectivity index is 0.00000196. The van der Waals surface area contributed by atoms with Gasteiger partial charge in [-0.3, -0.25) is 0 Å². The van der Waals surface area contributed by atoms with E-state index in [1.807, 2.05) is 0 Å². The van der Waals surface area contributed by atoms with Crippen LogP contribution >= 0.6 is 12.4 Å². The Morgan fingerprint density at radius 2 is 2.00 bits per heavy atom. The van der Waals surface area contributed by atoms with Gasteiger partial charge in [0.25, 0.3) is 0 Å². The minimum Gasteiger partial charge on any atom is -0.387 e. The van der Waals surface area contributed by atoms with Crippen molar-refractivity contribution in [1.29, 1.82) is 0 Å². The molecular weight excluding hydrogens is 174 g/mol. The molecule has 1 rings (SSSR count). The first kappa shape index (κ1) is 6.89. The summed E-state index contributed by atoms with van der Waals surface area (Å²) in [6, 6.07) is 7.30. The maximum Gasteiger partial charge on any atom is 0.0938 e. The van der Waals surface area contributed by atoms with Gasteiger partial charge in [-0.25, -0.2) is 0 Å². The quantitative estimate of drug-likeness (QED) is 0.743. The summed E-state index contributed by atoms with van der Waals surface area (Å²) >= 11 is 0. The van der Waals surface area contributed by atoms with E-state index < -0.39 is 19.0 Å².